The average Bonchev–Trinajstić information content (AvgIpc) is 2.65. The molecule has 0 radical (unpaired) electrons. The van der Waals surface area contributed by atoms with Crippen LogP contribution in [0.25, 0.3) is 0 Å². The molecular formula is C22H27N5O. The Morgan fingerprint density at radius 1 is 1.36 bits per heavy atom. The number of carbonyl (C=O) groups excluding carboxylic acids is 1. The van der Waals surface area contributed by atoms with Crippen molar-refractivity contribution in [2.75, 3.05) is 25.0 Å². The van der Waals surface area contributed by atoms with Crippen molar-refractivity contribution < 1.29 is 4.79 Å². The zero-order chi connectivity index (χ0) is 20.3. The lowest BCUT2D eigenvalue weighted by Gasteiger charge is -2.32. The smallest absolute Gasteiger partial charge is 0.257 e. The van der Waals surface area contributed by atoms with Crippen molar-refractivity contribution in [1.29, 1.82) is 5.26 Å². The van der Waals surface area contributed by atoms with E-state index in [9.17, 15) is 4.79 Å². The minimum Gasteiger partial charge on any atom is -0.322 e. The van der Waals surface area contributed by atoms with E-state index in [-0.39, 0.29) is 5.91 Å². The number of amides is 1. The van der Waals surface area contributed by atoms with Crippen LogP contribution < -0.4 is 10.6 Å². The molecule has 1 amide bonds. The summed E-state index contributed by atoms with van der Waals surface area (Å²) in [5.74, 6) is -0.212. The third kappa shape index (κ3) is 4.56. The molecular weight excluding hydrogens is 350 g/mol. The van der Waals surface area contributed by atoms with Crippen molar-refractivity contribution in [3.63, 3.8) is 0 Å². The number of nitrogens with one attached hydrogen (secondary N) is 2. The number of carbonyl (C=O) groups is 1. The van der Waals surface area contributed by atoms with Gasteiger partial charge in [0.1, 0.15) is 11.8 Å². The molecule has 0 aliphatic carbocycles. The summed E-state index contributed by atoms with van der Waals surface area (Å²) in [7, 11) is 0. The van der Waals surface area contributed by atoms with Gasteiger partial charge in [0.2, 0.25) is 0 Å². The Morgan fingerprint density at radius 2 is 2.14 bits per heavy atom. The molecule has 1 aromatic carbocycles. The molecule has 28 heavy (non-hydrogen) atoms. The van der Waals surface area contributed by atoms with Crippen LogP contribution in [0.15, 0.2) is 24.4 Å². The van der Waals surface area contributed by atoms with Crippen LogP contribution in [-0.4, -0.2) is 41.5 Å². The highest BCUT2D eigenvalue weighted by Crippen LogP contribution is 2.24. The fraction of sp³-hybridized carbons (Fsp3) is 0.409. The van der Waals surface area contributed by atoms with Gasteiger partial charge in [0.15, 0.2) is 0 Å². The number of anilines is 1. The molecule has 2 N–H and O–H groups in total. The molecule has 6 heteroatoms. The number of piperazine rings is 1. The third-order valence-electron chi connectivity index (χ3n) is 5.20. The molecule has 0 bridgehead atoms. The van der Waals surface area contributed by atoms with E-state index in [0.29, 0.717) is 22.9 Å². The Kier molecular flexibility index (Phi) is 6.08. The van der Waals surface area contributed by atoms with Crippen LogP contribution in [0.2, 0.25) is 0 Å². The van der Waals surface area contributed by atoms with E-state index in [1.807, 2.05) is 19.1 Å². The SMILES string of the molecule is Cc1cc(CN2CCN[C@@H](C)C2)c(C)c(NC(=O)c2cnc(C#N)c(C)c2)c1. The lowest BCUT2D eigenvalue weighted by Crippen LogP contribution is -2.48. The number of hydrogen-bond donors (Lipinski definition) is 2. The average molecular weight is 377 g/mol. The Labute approximate surface area is 166 Å². The van der Waals surface area contributed by atoms with Crippen molar-refractivity contribution in [3.8, 4) is 6.07 Å². The van der Waals surface area contributed by atoms with Crippen LogP contribution in [0.1, 0.15) is 45.2 Å². The first-order valence-electron chi connectivity index (χ1n) is 9.61. The van der Waals surface area contributed by atoms with Crippen molar-refractivity contribution in [2.45, 2.75) is 40.3 Å². The van der Waals surface area contributed by atoms with Gasteiger partial charge in [-0.25, -0.2) is 4.98 Å². The Hall–Kier alpha value is -2.75. The Bertz CT molecular complexity index is 931. The van der Waals surface area contributed by atoms with Crippen molar-refractivity contribution in [1.82, 2.24) is 15.2 Å². The summed E-state index contributed by atoms with van der Waals surface area (Å²) in [6.07, 6.45) is 1.45. The van der Waals surface area contributed by atoms with Gasteiger partial charge >= 0.3 is 0 Å². The molecule has 146 valence electrons. The molecule has 0 saturated carbocycles. The van der Waals surface area contributed by atoms with Gasteiger partial charge in [-0.3, -0.25) is 9.69 Å². The Balaban J connectivity index is 1.80. The maximum absolute atomic E-state index is 12.7. The minimum absolute atomic E-state index is 0.212. The van der Waals surface area contributed by atoms with Crippen LogP contribution in [0.4, 0.5) is 5.69 Å². The van der Waals surface area contributed by atoms with Gasteiger partial charge < -0.3 is 10.6 Å². The molecule has 1 aliphatic heterocycles. The fourth-order valence-corrected chi connectivity index (χ4v) is 3.63. The van der Waals surface area contributed by atoms with Crippen LogP contribution in [0.3, 0.4) is 0 Å². The topological polar surface area (TPSA) is 81.0 Å². The summed E-state index contributed by atoms with van der Waals surface area (Å²) in [5, 5.41) is 15.5. The molecule has 1 aromatic heterocycles. The van der Waals surface area contributed by atoms with E-state index in [4.69, 9.17) is 5.26 Å². The lowest BCUT2D eigenvalue weighted by molar-refractivity contribution is 0.102. The summed E-state index contributed by atoms with van der Waals surface area (Å²) in [6.45, 7) is 12.0. The highest BCUT2D eigenvalue weighted by atomic mass is 16.1. The number of benzene rings is 1. The summed E-state index contributed by atoms with van der Waals surface area (Å²) in [5.41, 5.74) is 5.76. The van der Waals surface area contributed by atoms with Crippen molar-refractivity contribution >= 4 is 11.6 Å². The van der Waals surface area contributed by atoms with Gasteiger partial charge in [-0.1, -0.05) is 6.07 Å². The highest BCUT2D eigenvalue weighted by molar-refractivity contribution is 6.04. The maximum Gasteiger partial charge on any atom is 0.257 e. The van der Waals surface area contributed by atoms with Gasteiger partial charge in [0, 0.05) is 44.1 Å². The number of pyridine rings is 1. The highest BCUT2D eigenvalue weighted by Gasteiger charge is 2.18. The van der Waals surface area contributed by atoms with E-state index in [1.54, 1.807) is 13.0 Å². The van der Waals surface area contributed by atoms with Gasteiger partial charge in [-0.05, 0) is 62.1 Å². The summed E-state index contributed by atoms with van der Waals surface area (Å²) < 4.78 is 0. The molecule has 0 spiro atoms. The van der Waals surface area contributed by atoms with E-state index < -0.39 is 0 Å². The predicted molar refractivity (Wildman–Crippen MR) is 110 cm³/mol. The number of aryl methyl sites for hydroxylation is 2. The van der Waals surface area contributed by atoms with Gasteiger partial charge in [-0.15, -0.1) is 0 Å². The van der Waals surface area contributed by atoms with Crippen LogP contribution in [0, 0.1) is 32.1 Å². The van der Waals surface area contributed by atoms with E-state index in [0.717, 1.165) is 43.0 Å². The number of nitriles is 1. The number of hydrogen-bond acceptors (Lipinski definition) is 5. The molecule has 3 rings (SSSR count). The first kappa shape index (κ1) is 20.0. The fourth-order valence-electron chi connectivity index (χ4n) is 3.63. The van der Waals surface area contributed by atoms with Crippen LogP contribution >= 0.6 is 0 Å². The largest absolute Gasteiger partial charge is 0.322 e. The van der Waals surface area contributed by atoms with Gasteiger partial charge in [-0.2, -0.15) is 5.26 Å². The second-order valence-corrected chi connectivity index (χ2v) is 7.64. The van der Waals surface area contributed by atoms with Crippen molar-refractivity contribution in [2.24, 2.45) is 0 Å². The third-order valence-corrected chi connectivity index (χ3v) is 5.20. The molecule has 2 heterocycles. The second-order valence-electron chi connectivity index (χ2n) is 7.64. The van der Waals surface area contributed by atoms with Crippen molar-refractivity contribution in [3.05, 3.63) is 57.9 Å². The lowest BCUT2D eigenvalue weighted by atomic mass is 10.0. The maximum atomic E-state index is 12.7. The Morgan fingerprint density at radius 3 is 2.82 bits per heavy atom. The monoisotopic (exact) mass is 377 g/mol. The molecule has 1 fully saturated rings. The minimum atomic E-state index is -0.212. The first-order valence-corrected chi connectivity index (χ1v) is 9.61. The van der Waals surface area contributed by atoms with E-state index >= 15 is 0 Å². The molecule has 1 atom stereocenters. The normalized spacial score (nSPS) is 17.2. The standard InChI is InChI=1S/C22H27N5O/c1-14-7-19(13-27-6-5-24-16(3)12-27)17(4)20(8-14)26-22(28)18-9-15(2)21(10-23)25-11-18/h7-9,11,16,24H,5-6,12-13H2,1-4H3,(H,26,28)/t16-/m0/s1. The summed E-state index contributed by atoms with van der Waals surface area (Å²) in [4.78, 5) is 19.2. The summed E-state index contributed by atoms with van der Waals surface area (Å²) >= 11 is 0. The molecule has 1 saturated heterocycles. The number of rotatable bonds is 4. The number of aromatic nitrogens is 1. The molecule has 0 unspecified atom stereocenters. The van der Waals surface area contributed by atoms with Gasteiger partial charge in [0.25, 0.3) is 5.91 Å². The van der Waals surface area contributed by atoms with E-state index in [2.05, 4.69) is 40.4 Å². The first-order chi connectivity index (χ1) is 13.4. The zero-order valence-corrected chi connectivity index (χ0v) is 17.0. The second kappa shape index (κ2) is 8.51. The van der Waals surface area contributed by atoms with Crippen LogP contribution in [0.5, 0.6) is 0 Å². The van der Waals surface area contributed by atoms with E-state index in [1.165, 1.54) is 11.8 Å². The predicted octanol–water partition coefficient (Wildman–Crippen LogP) is 2.92. The number of nitrogens with zero attached hydrogens (tertiary/aromatic N) is 3. The summed E-state index contributed by atoms with van der Waals surface area (Å²) in [6, 6.07) is 8.42. The zero-order valence-electron chi connectivity index (χ0n) is 17.0. The van der Waals surface area contributed by atoms with Crippen LogP contribution in [-0.2, 0) is 6.54 Å². The van der Waals surface area contributed by atoms with Gasteiger partial charge in [0.05, 0.1) is 5.56 Å². The molecule has 2 aromatic rings. The molecule has 6 nitrogen and oxygen atoms in total. The molecule has 1 aliphatic rings. The quantitative estimate of drug-likeness (QED) is 0.856.